The Hall–Kier alpha value is -3.33. The number of aromatic nitrogens is 3. The van der Waals surface area contributed by atoms with Crippen LogP contribution in [0.15, 0.2) is 41.1 Å². The number of morpholine rings is 1. The third kappa shape index (κ3) is 4.20. The van der Waals surface area contributed by atoms with Crippen molar-refractivity contribution in [2.45, 2.75) is 32.0 Å². The monoisotopic (exact) mass is 451 g/mol. The van der Waals surface area contributed by atoms with E-state index < -0.39 is 0 Å². The number of ether oxygens (including phenoxy) is 3. The van der Waals surface area contributed by atoms with Gasteiger partial charge in [0.15, 0.2) is 0 Å². The molecule has 2 saturated heterocycles. The molecule has 0 unspecified atom stereocenters. The van der Waals surface area contributed by atoms with Gasteiger partial charge in [0.2, 0.25) is 5.82 Å². The van der Waals surface area contributed by atoms with Crippen molar-refractivity contribution in [1.29, 1.82) is 0 Å². The van der Waals surface area contributed by atoms with Gasteiger partial charge >= 0.3 is 6.01 Å². The fourth-order valence-electron chi connectivity index (χ4n) is 4.77. The van der Waals surface area contributed by atoms with Gasteiger partial charge in [0, 0.05) is 29.2 Å². The van der Waals surface area contributed by atoms with Gasteiger partial charge in [-0.3, -0.25) is 4.98 Å². The van der Waals surface area contributed by atoms with Gasteiger partial charge in [-0.05, 0) is 45.0 Å². The van der Waals surface area contributed by atoms with Gasteiger partial charge in [-0.2, -0.15) is 4.98 Å². The average Bonchev–Trinajstić information content (AvgIpc) is 3.26. The second-order valence-electron chi connectivity index (χ2n) is 9.41. The Morgan fingerprint density at radius 2 is 1.64 bits per heavy atom. The van der Waals surface area contributed by atoms with Crippen LogP contribution < -0.4 is 19.3 Å². The van der Waals surface area contributed by atoms with Crippen LogP contribution in [0.25, 0.3) is 11.4 Å². The average molecular weight is 452 g/mol. The number of pyridine rings is 1. The van der Waals surface area contributed by atoms with Gasteiger partial charge in [-0.15, -0.1) is 0 Å². The maximum atomic E-state index is 6.56. The van der Waals surface area contributed by atoms with E-state index in [1.54, 1.807) is 14.2 Å². The summed E-state index contributed by atoms with van der Waals surface area (Å²) in [6, 6.07) is 10.2. The van der Waals surface area contributed by atoms with Crippen molar-refractivity contribution < 1.29 is 18.7 Å². The molecular formula is C24H29N5O4. The van der Waals surface area contributed by atoms with Gasteiger partial charge < -0.3 is 28.5 Å². The first-order chi connectivity index (χ1) is 15.8. The molecular weight excluding hydrogens is 422 g/mol. The van der Waals surface area contributed by atoms with Crippen LogP contribution in [-0.4, -0.2) is 66.7 Å². The molecule has 0 aliphatic carbocycles. The molecule has 1 spiro atoms. The zero-order valence-corrected chi connectivity index (χ0v) is 19.7. The largest absolute Gasteiger partial charge is 0.497 e. The molecule has 0 bridgehead atoms. The first-order valence-corrected chi connectivity index (χ1v) is 11.0. The maximum absolute atomic E-state index is 6.56. The molecule has 2 aliphatic rings. The molecule has 5 rings (SSSR count). The highest BCUT2D eigenvalue weighted by Crippen LogP contribution is 2.39. The van der Waals surface area contributed by atoms with E-state index in [1.807, 2.05) is 37.4 Å². The van der Waals surface area contributed by atoms with E-state index in [-0.39, 0.29) is 11.2 Å². The lowest BCUT2D eigenvalue weighted by Crippen LogP contribution is -2.74. The van der Waals surface area contributed by atoms with E-state index in [4.69, 9.17) is 23.7 Å². The van der Waals surface area contributed by atoms with Crippen molar-refractivity contribution in [3.63, 3.8) is 0 Å². The number of nitrogens with zero attached hydrogens (tertiary/aromatic N) is 5. The van der Waals surface area contributed by atoms with Crippen LogP contribution in [0.4, 0.5) is 11.7 Å². The molecule has 4 heterocycles. The summed E-state index contributed by atoms with van der Waals surface area (Å²) in [5.41, 5.74) is 2.29. The lowest BCUT2D eigenvalue weighted by atomic mass is 9.88. The molecule has 0 radical (unpaired) electrons. The lowest BCUT2D eigenvalue weighted by molar-refractivity contribution is -0.164. The molecule has 1 aromatic carbocycles. The summed E-state index contributed by atoms with van der Waals surface area (Å²) in [5.74, 6) is 1.83. The number of hydrogen-bond donors (Lipinski definition) is 0. The Labute approximate surface area is 193 Å². The molecule has 0 amide bonds. The summed E-state index contributed by atoms with van der Waals surface area (Å²) in [5, 5.41) is 4.23. The molecule has 0 N–H and O–H groups in total. The molecule has 0 atom stereocenters. The molecule has 2 aliphatic heterocycles. The van der Waals surface area contributed by atoms with Crippen LogP contribution in [0.1, 0.15) is 19.5 Å². The normalized spacial score (nSPS) is 18.8. The highest BCUT2D eigenvalue weighted by Gasteiger charge is 2.53. The van der Waals surface area contributed by atoms with Crippen LogP contribution in [0.3, 0.4) is 0 Å². The van der Waals surface area contributed by atoms with E-state index in [0.717, 1.165) is 24.3 Å². The van der Waals surface area contributed by atoms with Crippen molar-refractivity contribution >= 4 is 11.7 Å². The highest BCUT2D eigenvalue weighted by atomic mass is 16.5. The Morgan fingerprint density at radius 3 is 2.30 bits per heavy atom. The predicted molar refractivity (Wildman–Crippen MR) is 124 cm³/mol. The fraction of sp³-hybridized carbons (Fsp3) is 0.458. The highest BCUT2D eigenvalue weighted by molar-refractivity contribution is 5.61. The van der Waals surface area contributed by atoms with Gasteiger partial charge in [-0.1, -0.05) is 5.16 Å². The molecule has 3 aromatic rings. The van der Waals surface area contributed by atoms with E-state index in [0.29, 0.717) is 36.4 Å². The van der Waals surface area contributed by atoms with Crippen LogP contribution in [0.5, 0.6) is 11.5 Å². The molecule has 174 valence electrons. The smallest absolute Gasteiger partial charge is 0.324 e. The molecule has 0 saturated carbocycles. The van der Waals surface area contributed by atoms with Gasteiger partial charge in [-0.25, -0.2) is 0 Å². The molecule has 9 heteroatoms. The van der Waals surface area contributed by atoms with Crippen molar-refractivity contribution in [2.24, 2.45) is 0 Å². The second-order valence-corrected chi connectivity index (χ2v) is 9.41. The quantitative estimate of drug-likeness (QED) is 0.580. The number of methoxy groups -OCH3 is 2. The predicted octanol–water partition coefficient (Wildman–Crippen LogP) is 3.33. The van der Waals surface area contributed by atoms with Crippen LogP contribution >= 0.6 is 0 Å². The fourth-order valence-corrected chi connectivity index (χ4v) is 4.77. The molecule has 2 fully saturated rings. The number of hydrogen-bond acceptors (Lipinski definition) is 9. The number of anilines is 2. The van der Waals surface area contributed by atoms with E-state index in [1.165, 1.54) is 5.69 Å². The summed E-state index contributed by atoms with van der Waals surface area (Å²) in [7, 11) is 3.23. The summed E-state index contributed by atoms with van der Waals surface area (Å²) in [6.07, 6.45) is 1.85. The minimum Gasteiger partial charge on any atom is -0.497 e. The Balaban J connectivity index is 1.37. The molecule has 9 nitrogen and oxygen atoms in total. The number of benzene rings is 1. The first kappa shape index (κ1) is 21.5. The van der Waals surface area contributed by atoms with Crippen molar-refractivity contribution in [3.8, 4) is 22.9 Å². The first-order valence-electron chi connectivity index (χ1n) is 11.0. The van der Waals surface area contributed by atoms with Crippen LogP contribution in [0.2, 0.25) is 0 Å². The molecule has 2 aromatic heterocycles. The standard InChI is InChI=1S/C24H29N5O4/c1-16-8-18(6-7-25-16)28-13-24(14-28)15-29(12-23(2,3)33-24)22-26-21(27-32-22)17-9-19(30-4)11-20(10-17)31-5/h6-11H,12-15H2,1-5H3. The second kappa shape index (κ2) is 7.91. The van der Waals surface area contributed by atoms with Crippen LogP contribution in [-0.2, 0) is 4.74 Å². The van der Waals surface area contributed by atoms with Crippen molar-refractivity contribution in [1.82, 2.24) is 15.1 Å². The van der Waals surface area contributed by atoms with Crippen LogP contribution in [0, 0.1) is 6.92 Å². The Morgan fingerprint density at radius 1 is 0.939 bits per heavy atom. The minimum absolute atomic E-state index is 0.299. The Kier molecular flexibility index (Phi) is 5.16. The zero-order chi connectivity index (χ0) is 23.2. The third-order valence-corrected chi connectivity index (χ3v) is 6.04. The molecule has 33 heavy (non-hydrogen) atoms. The van der Waals surface area contributed by atoms with E-state index >= 15 is 0 Å². The SMILES string of the molecule is COc1cc(OC)cc(-c2noc(N3CC(C)(C)OC4(CN(c5ccnc(C)c5)C4)C3)n2)c1. The number of rotatable bonds is 5. The van der Waals surface area contributed by atoms with Gasteiger partial charge in [0.25, 0.3) is 0 Å². The van der Waals surface area contributed by atoms with E-state index in [2.05, 4.69) is 39.9 Å². The van der Waals surface area contributed by atoms with Gasteiger partial charge in [0.05, 0.1) is 46.0 Å². The maximum Gasteiger partial charge on any atom is 0.324 e. The zero-order valence-electron chi connectivity index (χ0n) is 19.7. The third-order valence-electron chi connectivity index (χ3n) is 6.04. The number of aryl methyl sites for hydroxylation is 1. The summed E-state index contributed by atoms with van der Waals surface area (Å²) >= 11 is 0. The summed E-state index contributed by atoms with van der Waals surface area (Å²) in [4.78, 5) is 13.4. The lowest BCUT2D eigenvalue weighted by Gasteiger charge is -2.58. The summed E-state index contributed by atoms with van der Waals surface area (Å²) < 4.78 is 23.0. The Bertz CT molecular complexity index is 1130. The van der Waals surface area contributed by atoms with E-state index in [9.17, 15) is 0 Å². The van der Waals surface area contributed by atoms with Gasteiger partial charge in [0.1, 0.15) is 17.1 Å². The van der Waals surface area contributed by atoms with Crippen molar-refractivity contribution in [3.05, 3.63) is 42.2 Å². The summed E-state index contributed by atoms with van der Waals surface area (Å²) in [6.45, 7) is 9.14. The topological polar surface area (TPSA) is 86.0 Å². The van der Waals surface area contributed by atoms with Crippen molar-refractivity contribution in [2.75, 3.05) is 50.2 Å². The minimum atomic E-state index is -0.355.